The second kappa shape index (κ2) is 3.60. The van der Waals surface area contributed by atoms with Crippen molar-refractivity contribution in [3.05, 3.63) is 0 Å². The number of rotatable bonds is 2. The topological polar surface area (TPSA) is 52.3 Å². The van der Waals surface area contributed by atoms with E-state index in [0.717, 1.165) is 6.42 Å². The van der Waals surface area contributed by atoms with Crippen molar-refractivity contribution in [2.24, 2.45) is 11.1 Å². The van der Waals surface area contributed by atoms with E-state index in [9.17, 15) is 4.79 Å². The highest BCUT2D eigenvalue weighted by atomic mass is 16.6. The maximum absolute atomic E-state index is 10.4. The lowest BCUT2D eigenvalue weighted by Crippen LogP contribution is -2.33. The Morgan fingerprint density at radius 3 is 2.09 bits per heavy atom. The van der Waals surface area contributed by atoms with Crippen LogP contribution in [0.15, 0.2) is 0 Å². The average molecular weight is 159 g/mol. The normalized spacial score (nSPS) is 14.2. The van der Waals surface area contributed by atoms with Crippen LogP contribution in [-0.4, -0.2) is 12.2 Å². The van der Waals surface area contributed by atoms with Crippen LogP contribution in [0.1, 0.15) is 34.1 Å². The fourth-order valence-electron chi connectivity index (χ4n) is 1.01. The summed E-state index contributed by atoms with van der Waals surface area (Å²) < 4.78 is 4.90. The van der Waals surface area contributed by atoms with Crippen LogP contribution in [-0.2, 0) is 4.74 Å². The quantitative estimate of drug-likeness (QED) is 0.669. The molecule has 2 N–H and O–H groups in total. The number of hydrogen-bond acceptors (Lipinski definition) is 2. The maximum atomic E-state index is 10.4. The fourth-order valence-corrected chi connectivity index (χ4v) is 1.01. The van der Waals surface area contributed by atoms with Crippen LogP contribution in [0.25, 0.3) is 0 Å². The molecule has 0 aromatic carbocycles. The highest BCUT2D eigenvalue weighted by Gasteiger charge is 2.25. The molecule has 0 aliphatic rings. The molecule has 0 aromatic rings. The SMILES string of the molecule is CCC(OC(N)=O)C(C)(C)C. The summed E-state index contributed by atoms with van der Waals surface area (Å²) in [6, 6.07) is 0. The van der Waals surface area contributed by atoms with Gasteiger partial charge >= 0.3 is 6.09 Å². The van der Waals surface area contributed by atoms with Gasteiger partial charge < -0.3 is 10.5 Å². The zero-order valence-electron chi connectivity index (χ0n) is 7.68. The van der Waals surface area contributed by atoms with E-state index in [2.05, 4.69) is 0 Å². The van der Waals surface area contributed by atoms with Crippen molar-refractivity contribution in [2.45, 2.75) is 40.2 Å². The van der Waals surface area contributed by atoms with E-state index < -0.39 is 6.09 Å². The van der Waals surface area contributed by atoms with Gasteiger partial charge in [0.2, 0.25) is 0 Å². The second-order valence-electron chi connectivity index (χ2n) is 3.70. The minimum absolute atomic E-state index is 0.0240. The Labute approximate surface area is 67.9 Å². The molecule has 3 heteroatoms. The van der Waals surface area contributed by atoms with Crippen molar-refractivity contribution in [1.29, 1.82) is 0 Å². The minimum Gasteiger partial charge on any atom is -0.446 e. The molecule has 0 fully saturated rings. The van der Waals surface area contributed by atoms with E-state index in [0.29, 0.717) is 0 Å². The van der Waals surface area contributed by atoms with Gasteiger partial charge in [0, 0.05) is 0 Å². The third kappa shape index (κ3) is 3.86. The van der Waals surface area contributed by atoms with Gasteiger partial charge in [0.1, 0.15) is 6.10 Å². The summed E-state index contributed by atoms with van der Waals surface area (Å²) >= 11 is 0. The Balaban J connectivity index is 4.07. The Bertz CT molecular complexity index is 138. The molecule has 0 heterocycles. The standard InChI is InChI=1S/C8H17NO2/c1-5-6(8(2,3)4)11-7(9)10/h6H,5H2,1-4H3,(H2,9,10). The summed E-state index contributed by atoms with van der Waals surface area (Å²) in [5.74, 6) is 0. The smallest absolute Gasteiger partial charge is 0.404 e. The first-order chi connectivity index (χ1) is 4.88. The van der Waals surface area contributed by atoms with E-state index in [1.807, 2.05) is 27.7 Å². The first kappa shape index (κ1) is 10.3. The summed E-state index contributed by atoms with van der Waals surface area (Å²) in [6.45, 7) is 8.02. The van der Waals surface area contributed by atoms with Crippen LogP contribution in [0.2, 0.25) is 0 Å². The van der Waals surface area contributed by atoms with Gasteiger partial charge in [-0.05, 0) is 11.8 Å². The molecule has 1 atom stereocenters. The van der Waals surface area contributed by atoms with Gasteiger partial charge in [0.05, 0.1) is 0 Å². The van der Waals surface area contributed by atoms with Gasteiger partial charge in [0.25, 0.3) is 0 Å². The van der Waals surface area contributed by atoms with Crippen molar-refractivity contribution in [3.63, 3.8) is 0 Å². The number of ether oxygens (including phenoxy) is 1. The Kier molecular flexibility index (Phi) is 3.36. The molecule has 0 aliphatic heterocycles. The number of carbonyl (C=O) groups excluding carboxylic acids is 1. The van der Waals surface area contributed by atoms with Crippen molar-refractivity contribution < 1.29 is 9.53 Å². The fraction of sp³-hybridized carbons (Fsp3) is 0.875. The first-order valence-electron chi connectivity index (χ1n) is 3.84. The van der Waals surface area contributed by atoms with Crippen LogP contribution in [0.4, 0.5) is 4.79 Å². The lowest BCUT2D eigenvalue weighted by Gasteiger charge is -2.28. The first-order valence-corrected chi connectivity index (χ1v) is 3.84. The average Bonchev–Trinajstić information content (AvgIpc) is 1.79. The molecule has 0 aliphatic carbocycles. The highest BCUT2D eigenvalue weighted by Crippen LogP contribution is 2.24. The van der Waals surface area contributed by atoms with E-state index in [1.165, 1.54) is 0 Å². The molecule has 0 spiro atoms. The van der Waals surface area contributed by atoms with Gasteiger partial charge in [0.15, 0.2) is 0 Å². The van der Waals surface area contributed by atoms with Gasteiger partial charge in [-0.25, -0.2) is 4.79 Å². The molecular weight excluding hydrogens is 142 g/mol. The predicted octanol–water partition coefficient (Wildman–Crippen LogP) is 1.91. The largest absolute Gasteiger partial charge is 0.446 e. The Hall–Kier alpha value is -0.730. The van der Waals surface area contributed by atoms with E-state index in [4.69, 9.17) is 10.5 Å². The van der Waals surface area contributed by atoms with Crippen molar-refractivity contribution >= 4 is 6.09 Å². The van der Waals surface area contributed by atoms with Crippen molar-refractivity contribution in [2.75, 3.05) is 0 Å². The molecule has 1 unspecified atom stereocenters. The van der Waals surface area contributed by atoms with E-state index in [-0.39, 0.29) is 11.5 Å². The van der Waals surface area contributed by atoms with Crippen LogP contribution >= 0.6 is 0 Å². The zero-order valence-corrected chi connectivity index (χ0v) is 7.68. The molecule has 1 amide bonds. The van der Waals surface area contributed by atoms with Crippen molar-refractivity contribution in [1.82, 2.24) is 0 Å². The molecular formula is C8H17NO2. The molecule has 0 aromatic heterocycles. The third-order valence-electron chi connectivity index (χ3n) is 1.60. The number of hydrogen-bond donors (Lipinski definition) is 1. The van der Waals surface area contributed by atoms with E-state index >= 15 is 0 Å². The molecule has 66 valence electrons. The van der Waals surface area contributed by atoms with E-state index in [1.54, 1.807) is 0 Å². The summed E-state index contributed by atoms with van der Waals surface area (Å²) in [4.78, 5) is 10.4. The maximum Gasteiger partial charge on any atom is 0.404 e. The predicted molar refractivity (Wildman–Crippen MR) is 44.2 cm³/mol. The van der Waals surface area contributed by atoms with Crippen LogP contribution in [0.3, 0.4) is 0 Å². The van der Waals surface area contributed by atoms with Gasteiger partial charge in [-0.1, -0.05) is 27.7 Å². The van der Waals surface area contributed by atoms with Gasteiger partial charge in [-0.3, -0.25) is 0 Å². The van der Waals surface area contributed by atoms with Crippen LogP contribution in [0.5, 0.6) is 0 Å². The van der Waals surface area contributed by atoms with Crippen LogP contribution < -0.4 is 5.73 Å². The minimum atomic E-state index is -0.688. The summed E-state index contributed by atoms with van der Waals surface area (Å²) in [5, 5.41) is 0. The number of nitrogens with two attached hydrogens (primary N) is 1. The molecule has 0 radical (unpaired) electrons. The summed E-state index contributed by atoms with van der Waals surface area (Å²) in [5.41, 5.74) is 4.88. The third-order valence-corrected chi connectivity index (χ3v) is 1.60. The molecule has 0 saturated carbocycles. The lowest BCUT2D eigenvalue weighted by molar-refractivity contribution is 0.0347. The number of carbonyl (C=O) groups is 1. The van der Waals surface area contributed by atoms with Gasteiger partial charge in [-0.2, -0.15) is 0 Å². The molecule has 11 heavy (non-hydrogen) atoms. The number of amides is 1. The summed E-state index contributed by atoms with van der Waals surface area (Å²) in [6.07, 6.45) is 0.0266. The Morgan fingerprint density at radius 1 is 1.55 bits per heavy atom. The monoisotopic (exact) mass is 159 g/mol. The molecule has 3 nitrogen and oxygen atoms in total. The summed E-state index contributed by atoms with van der Waals surface area (Å²) in [7, 11) is 0. The lowest BCUT2D eigenvalue weighted by atomic mass is 9.87. The van der Waals surface area contributed by atoms with Crippen molar-refractivity contribution in [3.8, 4) is 0 Å². The molecule has 0 saturated heterocycles. The number of primary amides is 1. The molecule has 0 bridgehead atoms. The second-order valence-corrected chi connectivity index (χ2v) is 3.70. The highest BCUT2D eigenvalue weighted by molar-refractivity contribution is 5.64. The van der Waals surface area contributed by atoms with Crippen LogP contribution in [0, 0.1) is 5.41 Å². The zero-order chi connectivity index (χ0) is 9.07. The van der Waals surface area contributed by atoms with Gasteiger partial charge in [-0.15, -0.1) is 0 Å². The molecule has 0 rings (SSSR count). The Morgan fingerprint density at radius 2 is 2.00 bits per heavy atom.